The maximum Gasteiger partial charge on any atom is 0.127 e. The third-order valence-electron chi connectivity index (χ3n) is 3.14. The topological polar surface area (TPSA) is 65.1 Å². The Morgan fingerprint density at radius 2 is 2.15 bits per heavy atom. The van der Waals surface area contributed by atoms with Crippen molar-refractivity contribution in [3.63, 3.8) is 0 Å². The first-order valence-corrected chi connectivity index (χ1v) is 7.00. The van der Waals surface area contributed by atoms with Gasteiger partial charge in [0.2, 0.25) is 0 Å². The molecule has 2 rings (SSSR count). The molecule has 0 fully saturated rings. The van der Waals surface area contributed by atoms with Gasteiger partial charge in [0.05, 0.1) is 12.6 Å². The monoisotopic (exact) mass is 274 g/mol. The predicted octanol–water partition coefficient (Wildman–Crippen LogP) is 2.27. The van der Waals surface area contributed by atoms with Gasteiger partial charge in [-0.25, -0.2) is 10.4 Å². The van der Waals surface area contributed by atoms with E-state index in [0.717, 1.165) is 31.0 Å². The van der Waals surface area contributed by atoms with E-state index < -0.39 is 0 Å². The van der Waals surface area contributed by atoms with Crippen LogP contribution in [0.3, 0.4) is 0 Å². The number of benzene rings is 1. The minimum absolute atomic E-state index is 0.000243. The molecule has 0 amide bonds. The fourth-order valence-electron chi connectivity index (χ4n) is 2.16. The van der Waals surface area contributed by atoms with E-state index in [1.165, 1.54) is 0 Å². The van der Waals surface area contributed by atoms with Crippen molar-refractivity contribution in [2.24, 2.45) is 5.84 Å². The van der Waals surface area contributed by atoms with Crippen LogP contribution in [0.4, 0.5) is 0 Å². The lowest BCUT2D eigenvalue weighted by Gasteiger charge is -2.17. The van der Waals surface area contributed by atoms with E-state index in [-0.39, 0.29) is 6.04 Å². The highest BCUT2D eigenvalue weighted by molar-refractivity contribution is 5.20. The number of nitrogens with two attached hydrogens (primary N) is 1. The van der Waals surface area contributed by atoms with Crippen LogP contribution in [0.15, 0.2) is 42.7 Å². The standard InChI is InChI=1S/C15H22N4O/c1-2-10-19-11-9-17-15(19)14(18-16)8-12-20-13-6-4-3-5-7-13/h3-7,9,11,14,18H,2,8,10,12,16H2,1H3. The highest BCUT2D eigenvalue weighted by atomic mass is 16.5. The summed E-state index contributed by atoms with van der Waals surface area (Å²) in [7, 11) is 0. The van der Waals surface area contributed by atoms with Crippen LogP contribution in [0, 0.1) is 0 Å². The van der Waals surface area contributed by atoms with E-state index >= 15 is 0 Å². The molecule has 20 heavy (non-hydrogen) atoms. The second-order valence-electron chi connectivity index (χ2n) is 4.65. The van der Waals surface area contributed by atoms with Gasteiger partial charge in [-0.15, -0.1) is 0 Å². The van der Waals surface area contributed by atoms with Crippen LogP contribution in [-0.2, 0) is 6.54 Å². The summed E-state index contributed by atoms with van der Waals surface area (Å²) < 4.78 is 7.84. The van der Waals surface area contributed by atoms with Gasteiger partial charge in [-0.05, 0) is 18.6 Å². The second-order valence-corrected chi connectivity index (χ2v) is 4.65. The molecule has 108 valence electrons. The number of nitrogens with one attached hydrogen (secondary N) is 1. The van der Waals surface area contributed by atoms with Crippen molar-refractivity contribution in [2.45, 2.75) is 32.4 Å². The van der Waals surface area contributed by atoms with Crippen LogP contribution >= 0.6 is 0 Å². The lowest BCUT2D eigenvalue weighted by Crippen LogP contribution is -2.31. The van der Waals surface area contributed by atoms with Crippen molar-refractivity contribution in [2.75, 3.05) is 6.61 Å². The molecule has 1 heterocycles. The second kappa shape index (κ2) is 7.67. The van der Waals surface area contributed by atoms with Gasteiger partial charge in [0.1, 0.15) is 11.6 Å². The Hall–Kier alpha value is -1.85. The summed E-state index contributed by atoms with van der Waals surface area (Å²) in [6, 6.07) is 9.79. The zero-order valence-electron chi connectivity index (χ0n) is 11.8. The number of aromatic nitrogens is 2. The van der Waals surface area contributed by atoms with Crippen molar-refractivity contribution in [3.05, 3.63) is 48.5 Å². The average Bonchev–Trinajstić information content (AvgIpc) is 2.93. The van der Waals surface area contributed by atoms with E-state index in [1.54, 1.807) is 0 Å². The minimum atomic E-state index is 0.000243. The number of hydrogen-bond donors (Lipinski definition) is 2. The predicted molar refractivity (Wildman–Crippen MR) is 79.1 cm³/mol. The van der Waals surface area contributed by atoms with Crippen molar-refractivity contribution >= 4 is 0 Å². The Morgan fingerprint density at radius 3 is 2.85 bits per heavy atom. The first-order chi connectivity index (χ1) is 9.85. The lowest BCUT2D eigenvalue weighted by atomic mass is 10.2. The number of para-hydroxylation sites is 1. The SMILES string of the molecule is CCCn1ccnc1C(CCOc1ccccc1)NN. The largest absolute Gasteiger partial charge is 0.494 e. The summed E-state index contributed by atoms with van der Waals surface area (Å²) in [5.41, 5.74) is 2.83. The molecule has 2 aromatic rings. The fourth-order valence-corrected chi connectivity index (χ4v) is 2.16. The molecule has 5 nitrogen and oxygen atoms in total. The summed E-state index contributed by atoms with van der Waals surface area (Å²) in [6.07, 6.45) is 5.64. The Balaban J connectivity index is 1.90. The van der Waals surface area contributed by atoms with Crippen molar-refractivity contribution in [3.8, 4) is 5.75 Å². The molecule has 1 aromatic carbocycles. The summed E-state index contributed by atoms with van der Waals surface area (Å²) >= 11 is 0. The smallest absolute Gasteiger partial charge is 0.127 e. The lowest BCUT2D eigenvalue weighted by molar-refractivity contribution is 0.281. The Kier molecular flexibility index (Phi) is 5.58. The van der Waals surface area contributed by atoms with Crippen LogP contribution in [0.25, 0.3) is 0 Å². The number of hydrogen-bond acceptors (Lipinski definition) is 4. The van der Waals surface area contributed by atoms with Gasteiger partial charge < -0.3 is 9.30 Å². The number of rotatable bonds is 8. The zero-order valence-corrected chi connectivity index (χ0v) is 11.8. The molecule has 1 unspecified atom stereocenters. The third-order valence-corrected chi connectivity index (χ3v) is 3.14. The molecule has 3 N–H and O–H groups in total. The van der Waals surface area contributed by atoms with E-state index in [4.69, 9.17) is 10.6 Å². The van der Waals surface area contributed by atoms with Crippen LogP contribution < -0.4 is 16.0 Å². The Morgan fingerprint density at radius 1 is 1.35 bits per heavy atom. The first-order valence-electron chi connectivity index (χ1n) is 7.00. The van der Waals surface area contributed by atoms with Gasteiger partial charge >= 0.3 is 0 Å². The molecular weight excluding hydrogens is 252 g/mol. The van der Waals surface area contributed by atoms with E-state index in [0.29, 0.717) is 6.61 Å². The quantitative estimate of drug-likeness (QED) is 0.572. The minimum Gasteiger partial charge on any atom is -0.494 e. The van der Waals surface area contributed by atoms with Crippen molar-refractivity contribution in [1.29, 1.82) is 0 Å². The molecule has 0 bridgehead atoms. The molecule has 1 atom stereocenters. The summed E-state index contributed by atoms with van der Waals surface area (Å²) in [4.78, 5) is 4.40. The van der Waals surface area contributed by atoms with Crippen LogP contribution in [0.5, 0.6) is 5.75 Å². The van der Waals surface area contributed by atoms with Gasteiger partial charge in [-0.2, -0.15) is 0 Å². The van der Waals surface area contributed by atoms with Gasteiger partial charge in [0.15, 0.2) is 0 Å². The van der Waals surface area contributed by atoms with Gasteiger partial charge in [0.25, 0.3) is 0 Å². The normalized spacial score (nSPS) is 12.3. The Bertz CT molecular complexity index is 498. The molecule has 0 radical (unpaired) electrons. The summed E-state index contributed by atoms with van der Waals surface area (Å²) in [5, 5.41) is 0. The molecule has 0 saturated heterocycles. The first kappa shape index (κ1) is 14.6. The highest BCUT2D eigenvalue weighted by Crippen LogP contribution is 2.16. The zero-order chi connectivity index (χ0) is 14.2. The number of nitrogens with zero attached hydrogens (tertiary/aromatic N) is 2. The number of aryl methyl sites for hydroxylation is 1. The molecule has 0 saturated carbocycles. The Labute approximate surface area is 119 Å². The number of ether oxygens (including phenoxy) is 1. The van der Waals surface area contributed by atoms with E-state index in [2.05, 4.69) is 21.9 Å². The number of imidazole rings is 1. The molecule has 0 aliphatic heterocycles. The van der Waals surface area contributed by atoms with Gasteiger partial charge in [-0.1, -0.05) is 25.1 Å². The van der Waals surface area contributed by atoms with Crippen molar-refractivity contribution in [1.82, 2.24) is 15.0 Å². The van der Waals surface area contributed by atoms with Gasteiger partial charge in [-0.3, -0.25) is 5.84 Å². The maximum absolute atomic E-state index is 5.70. The van der Waals surface area contributed by atoms with E-state index in [9.17, 15) is 0 Å². The summed E-state index contributed by atoms with van der Waals surface area (Å²) in [5.74, 6) is 7.49. The fraction of sp³-hybridized carbons (Fsp3) is 0.400. The molecule has 1 aromatic heterocycles. The van der Waals surface area contributed by atoms with Crippen LogP contribution in [0.2, 0.25) is 0 Å². The van der Waals surface area contributed by atoms with Crippen LogP contribution in [-0.4, -0.2) is 16.2 Å². The molecular formula is C15H22N4O. The van der Waals surface area contributed by atoms with Crippen molar-refractivity contribution < 1.29 is 4.74 Å². The highest BCUT2D eigenvalue weighted by Gasteiger charge is 2.15. The molecule has 0 spiro atoms. The van der Waals surface area contributed by atoms with Crippen LogP contribution in [0.1, 0.15) is 31.6 Å². The van der Waals surface area contributed by atoms with E-state index in [1.807, 2.05) is 42.7 Å². The maximum atomic E-state index is 5.70. The molecule has 5 heteroatoms. The summed E-state index contributed by atoms with van der Waals surface area (Å²) in [6.45, 7) is 3.69. The number of hydrazine groups is 1. The molecule has 0 aliphatic carbocycles. The molecule has 0 aliphatic rings. The average molecular weight is 274 g/mol. The van der Waals surface area contributed by atoms with Gasteiger partial charge in [0, 0.05) is 25.4 Å². The third kappa shape index (κ3) is 3.82.